The number of thiophene rings is 1. The molecule has 0 fully saturated rings. The monoisotopic (exact) mass is 234 g/mol. The second-order valence-electron chi connectivity index (χ2n) is 3.32. The van der Waals surface area contributed by atoms with Gasteiger partial charge in [-0.2, -0.15) is 0 Å². The number of aryl methyl sites for hydroxylation is 1. The van der Waals surface area contributed by atoms with Gasteiger partial charge >= 0.3 is 5.97 Å². The van der Waals surface area contributed by atoms with E-state index in [4.69, 9.17) is 9.84 Å². The Morgan fingerprint density at radius 1 is 1.38 bits per heavy atom. The Morgan fingerprint density at radius 3 is 2.75 bits per heavy atom. The highest BCUT2D eigenvalue weighted by Crippen LogP contribution is 2.28. The van der Waals surface area contributed by atoms with Gasteiger partial charge in [-0.1, -0.05) is 18.2 Å². The van der Waals surface area contributed by atoms with E-state index in [1.54, 1.807) is 5.38 Å². The van der Waals surface area contributed by atoms with Crippen molar-refractivity contribution in [3.63, 3.8) is 0 Å². The zero-order valence-corrected chi connectivity index (χ0v) is 9.45. The molecule has 0 aliphatic carbocycles. The molecule has 1 aromatic heterocycles. The van der Waals surface area contributed by atoms with Crippen LogP contribution in [0.25, 0.3) is 0 Å². The second-order valence-corrected chi connectivity index (χ2v) is 4.23. The van der Waals surface area contributed by atoms with Crippen LogP contribution in [0, 0.1) is 6.92 Å². The normalized spacial score (nSPS) is 10.1. The summed E-state index contributed by atoms with van der Waals surface area (Å²) in [6, 6.07) is 9.14. The van der Waals surface area contributed by atoms with Crippen molar-refractivity contribution in [3.05, 3.63) is 46.2 Å². The van der Waals surface area contributed by atoms with Crippen LogP contribution in [0.3, 0.4) is 0 Å². The number of carbonyl (C=O) groups is 1. The van der Waals surface area contributed by atoms with Gasteiger partial charge in [-0.25, -0.2) is 4.79 Å². The van der Waals surface area contributed by atoms with Gasteiger partial charge in [-0.05, 0) is 18.6 Å². The molecule has 3 nitrogen and oxygen atoms in total. The Balaban J connectivity index is 2.21. The first-order valence-electron chi connectivity index (χ1n) is 4.72. The van der Waals surface area contributed by atoms with Crippen LogP contribution in [0.1, 0.15) is 15.2 Å². The number of para-hydroxylation sites is 1. The number of carboxylic acids is 1. The lowest BCUT2D eigenvalue weighted by Crippen LogP contribution is -1.90. The average Bonchev–Trinajstić information content (AvgIpc) is 2.70. The Morgan fingerprint density at radius 2 is 2.12 bits per heavy atom. The molecule has 0 saturated carbocycles. The van der Waals surface area contributed by atoms with Crippen molar-refractivity contribution in [1.29, 1.82) is 0 Å². The van der Waals surface area contributed by atoms with E-state index >= 15 is 0 Å². The minimum Gasteiger partial charge on any atom is -0.477 e. The standard InChI is InChI=1S/C12H10O3S/c1-8-4-2-3-5-10(8)15-9-6-11(12(13)14)16-7-9/h2-7H,1H3,(H,13,14). The van der Waals surface area contributed by atoms with Gasteiger partial charge in [-0.3, -0.25) is 0 Å². The molecule has 0 bridgehead atoms. The van der Waals surface area contributed by atoms with Gasteiger partial charge in [0.2, 0.25) is 0 Å². The van der Waals surface area contributed by atoms with E-state index in [1.807, 2.05) is 31.2 Å². The van der Waals surface area contributed by atoms with Gasteiger partial charge in [0, 0.05) is 11.4 Å². The zero-order valence-electron chi connectivity index (χ0n) is 8.64. The van der Waals surface area contributed by atoms with Crippen LogP contribution >= 0.6 is 11.3 Å². The molecule has 2 aromatic rings. The predicted molar refractivity (Wildman–Crippen MR) is 62.5 cm³/mol. The van der Waals surface area contributed by atoms with Gasteiger partial charge in [-0.15, -0.1) is 11.3 Å². The Hall–Kier alpha value is -1.81. The summed E-state index contributed by atoms with van der Waals surface area (Å²) in [6.07, 6.45) is 0. The summed E-state index contributed by atoms with van der Waals surface area (Å²) in [5.41, 5.74) is 1.02. The van der Waals surface area contributed by atoms with Crippen LogP contribution in [0.2, 0.25) is 0 Å². The van der Waals surface area contributed by atoms with E-state index in [0.29, 0.717) is 5.75 Å². The van der Waals surface area contributed by atoms with Crippen LogP contribution < -0.4 is 4.74 Å². The molecular formula is C12H10O3S. The van der Waals surface area contributed by atoms with Gasteiger partial charge in [0.25, 0.3) is 0 Å². The Labute approximate surface area is 96.9 Å². The maximum Gasteiger partial charge on any atom is 0.346 e. The van der Waals surface area contributed by atoms with Crippen LogP contribution in [0.4, 0.5) is 0 Å². The molecule has 0 unspecified atom stereocenters. The summed E-state index contributed by atoms with van der Waals surface area (Å²) in [4.78, 5) is 11.0. The van der Waals surface area contributed by atoms with Crippen LogP contribution in [-0.2, 0) is 0 Å². The molecule has 1 N–H and O–H groups in total. The summed E-state index contributed by atoms with van der Waals surface area (Å²) in [7, 11) is 0. The van der Waals surface area contributed by atoms with Crippen molar-refractivity contribution < 1.29 is 14.6 Å². The minimum absolute atomic E-state index is 0.281. The highest BCUT2D eigenvalue weighted by Gasteiger charge is 2.08. The van der Waals surface area contributed by atoms with Crippen LogP contribution in [-0.4, -0.2) is 11.1 Å². The quantitative estimate of drug-likeness (QED) is 0.883. The molecule has 0 radical (unpaired) electrons. The average molecular weight is 234 g/mol. The maximum atomic E-state index is 10.7. The third-order valence-corrected chi connectivity index (χ3v) is 3.00. The number of benzene rings is 1. The molecule has 1 heterocycles. The molecule has 16 heavy (non-hydrogen) atoms. The third kappa shape index (κ3) is 2.23. The van der Waals surface area contributed by atoms with Crippen molar-refractivity contribution in [2.45, 2.75) is 6.92 Å². The molecule has 0 spiro atoms. The molecule has 82 valence electrons. The SMILES string of the molecule is Cc1ccccc1Oc1csc(C(=O)O)c1. The molecule has 1 aromatic carbocycles. The van der Waals surface area contributed by atoms with Gasteiger partial charge in [0.15, 0.2) is 0 Å². The summed E-state index contributed by atoms with van der Waals surface area (Å²) in [5.74, 6) is 0.388. The number of hydrogen-bond acceptors (Lipinski definition) is 3. The first-order chi connectivity index (χ1) is 7.66. The number of hydrogen-bond donors (Lipinski definition) is 1. The predicted octanol–water partition coefficient (Wildman–Crippen LogP) is 3.55. The van der Waals surface area contributed by atoms with E-state index in [0.717, 1.165) is 22.6 Å². The van der Waals surface area contributed by atoms with Gasteiger partial charge < -0.3 is 9.84 Å². The fourth-order valence-electron chi connectivity index (χ4n) is 1.28. The van der Waals surface area contributed by atoms with Crippen molar-refractivity contribution in [1.82, 2.24) is 0 Å². The lowest BCUT2D eigenvalue weighted by molar-refractivity contribution is 0.0702. The maximum absolute atomic E-state index is 10.7. The van der Waals surface area contributed by atoms with Crippen molar-refractivity contribution in [3.8, 4) is 11.5 Å². The summed E-state index contributed by atoms with van der Waals surface area (Å²) >= 11 is 1.16. The summed E-state index contributed by atoms with van der Waals surface area (Å²) in [6.45, 7) is 1.94. The molecule has 2 rings (SSSR count). The van der Waals surface area contributed by atoms with Crippen LogP contribution in [0.5, 0.6) is 11.5 Å². The largest absolute Gasteiger partial charge is 0.477 e. The fourth-order valence-corrected chi connectivity index (χ4v) is 1.93. The first kappa shape index (κ1) is 10.7. The van der Waals surface area contributed by atoms with Crippen molar-refractivity contribution in [2.75, 3.05) is 0 Å². The Kier molecular flexibility index (Phi) is 2.92. The topological polar surface area (TPSA) is 46.5 Å². The van der Waals surface area contributed by atoms with E-state index in [1.165, 1.54) is 6.07 Å². The number of aromatic carboxylic acids is 1. The number of ether oxygens (including phenoxy) is 1. The third-order valence-electron chi connectivity index (χ3n) is 2.11. The molecule has 0 saturated heterocycles. The van der Waals surface area contributed by atoms with Gasteiger partial charge in [0.1, 0.15) is 16.4 Å². The van der Waals surface area contributed by atoms with E-state index in [2.05, 4.69) is 0 Å². The zero-order chi connectivity index (χ0) is 11.5. The first-order valence-corrected chi connectivity index (χ1v) is 5.60. The fraction of sp³-hybridized carbons (Fsp3) is 0.0833. The molecular weight excluding hydrogens is 224 g/mol. The number of carboxylic acid groups (broad SMARTS) is 1. The summed E-state index contributed by atoms with van der Waals surface area (Å²) < 4.78 is 5.59. The molecule has 0 aliphatic heterocycles. The van der Waals surface area contributed by atoms with E-state index in [-0.39, 0.29) is 4.88 Å². The highest BCUT2D eigenvalue weighted by molar-refractivity contribution is 7.12. The smallest absolute Gasteiger partial charge is 0.346 e. The second kappa shape index (κ2) is 4.37. The van der Waals surface area contributed by atoms with Crippen LogP contribution in [0.15, 0.2) is 35.7 Å². The van der Waals surface area contributed by atoms with E-state index < -0.39 is 5.97 Å². The molecule has 0 aliphatic rings. The van der Waals surface area contributed by atoms with Gasteiger partial charge in [0.05, 0.1) is 0 Å². The Bertz CT molecular complexity index is 516. The van der Waals surface area contributed by atoms with E-state index in [9.17, 15) is 4.79 Å². The molecule has 0 amide bonds. The lowest BCUT2D eigenvalue weighted by atomic mass is 10.2. The minimum atomic E-state index is -0.926. The van der Waals surface area contributed by atoms with Crippen molar-refractivity contribution in [2.24, 2.45) is 0 Å². The lowest BCUT2D eigenvalue weighted by Gasteiger charge is -2.05. The highest BCUT2D eigenvalue weighted by atomic mass is 32.1. The number of rotatable bonds is 3. The summed E-state index contributed by atoms with van der Waals surface area (Å²) in [5, 5.41) is 10.5. The van der Waals surface area contributed by atoms with Crippen molar-refractivity contribution >= 4 is 17.3 Å². The molecule has 4 heteroatoms. The molecule has 0 atom stereocenters.